The third-order valence-corrected chi connectivity index (χ3v) is 5.90. The Kier molecular flexibility index (Phi) is 4.82. The Hall–Kier alpha value is -3.57. The number of carbonyl (C=O) groups is 1. The Morgan fingerprint density at radius 2 is 2.24 bits per heavy atom. The molecule has 29 heavy (non-hydrogen) atoms. The van der Waals surface area contributed by atoms with Crippen molar-refractivity contribution in [3.05, 3.63) is 75.3 Å². The van der Waals surface area contributed by atoms with Crippen LogP contribution in [0.1, 0.15) is 23.3 Å². The van der Waals surface area contributed by atoms with Crippen molar-refractivity contribution < 1.29 is 14.3 Å². The van der Waals surface area contributed by atoms with E-state index in [0.29, 0.717) is 17.9 Å². The number of carbonyl (C=O) groups excluding carboxylic acids is 1. The molecule has 0 aliphatic carbocycles. The van der Waals surface area contributed by atoms with Gasteiger partial charge in [-0.1, -0.05) is 12.1 Å². The Bertz CT molecular complexity index is 1210. The van der Waals surface area contributed by atoms with Crippen molar-refractivity contribution in [2.24, 2.45) is 5.73 Å². The molecule has 0 saturated carbocycles. The summed E-state index contributed by atoms with van der Waals surface area (Å²) < 4.78 is 12.4. The maximum Gasteiger partial charge on any atom is 0.338 e. The Morgan fingerprint density at radius 3 is 3.00 bits per heavy atom. The lowest BCUT2D eigenvalue weighted by Crippen LogP contribution is -2.24. The Morgan fingerprint density at radius 1 is 1.45 bits per heavy atom. The fraction of sp³-hybridized carbons (Fsp3) is 0.190. The number of fused-ring (bicyclic) bond motifs is 1. The van der Waals surface area contributed by atoms with Crippen molar-refractivity contribution in [3.63, 3.8) is 0 Å². The van der Waals surface area contributed by atoms with Gasteiger partial charge in [-0.15, -0.1) is 11.3 Å². The van der Waals surface area contributed by atoms with Crippen molar-refractivity contribution in [3.8, 4) is 6.07 Å². The van der Waals surface area contributed by atoms with Gasteiger partial charge in [0.25, 0.3) is 0 Å². The predicted octanol–water partition coefficient (Wildman–Crippen LogP) is 3.40. The van der Waals surface area contributed by atoms with Gasteiger partial charge in [-0.25, -0.2) is 9.78 Å². The summed E-state index contributed by atoms with van der Waals surface area (Å²) >= 11 is 1.47. The van der Waals surface area contributed by atoms with Crippen molar-refractivity contribution in [2.45, 2.75) is 19.4 Å². The SMILES string of the molecule is COC(=O)C1=C(C)OC(N)=C(C#N)[C@H]1c1cc(Cn2cnc3ccccc32)cs1. The number of hydrogen-bond acceptors (Lipinski definition) is 7. The summed E-state index contributed by atoms with van der Waals surface area (Å²) in [5, 5.41) is 11.6. The molecule has 0 unspecified atom stereocenters. The molecule has 7 nitrogen and oxygen atoms in total. The molecule has 0 saturated heterocycles. The summed E-state index contributed by atoms with van der Waals surface area (Å²) in [6.07, 6.45) is 1.80. The summed E-state index contributed by atoms with van der Waals surface area (Å²) in [5.74, 6) is -0.796. The van der Waals surface area contributed by atoms with Crippen molar-refractivity contribution >= 4 is 28.3 Å². The summed E-state index contributed by atoms with van der Waals surface area (Å²) in [4.78, 5) is 17.6. The smallest absolute Gasteiger partial charge is 0.338 e. The van der Waals surface area contributed by atoms with E-state index in [1.54, 1.807) is 13.3 Å². The first kappa shape index (κ1) is 18.8. The molecule has 1 atom stereocenters. The van der Waals surface area contributed by atoms with Gasteiger partial charge in [-0.3, -0.25) is 0 Å². The molecular formula is C21H18N4O3S. The van der Waals surface area contributed by atoms with Gasteiger partial charge in [0.15, 0.2) is 0 Å². The first-order chi connectivity index (χ1) is 14.0. The fourth-order valence-electron chi connectivity index (χ4n) is 3.50. The number of thiophene rings is 1. The third-order valence-electron chi connectivity index (χ3n) is 4.85. The number of imidazole rings is 1. The topological polar surface area (TPSA) is 103 Å². The largest absolute Gasteiger partial charge is 0.466 e. The van der Waals surface area contributed by atoms with Crippen LogP contribution in [0.4, 0.5) is 0 Å². The average molecular weight is 406 g/mol. The van der Waals surface area contributed by atoms with E-state index in [9.17, 15) is 10.1 Å². The van der Waals surface area contributed by atoms with Gasteiger partial charge < -0.3 is 19.8 Å². The molecule has 3 heterocycles. The molecule has 0 radical (unpaired) electrons. The third kappa shape index (κ3) is 3.26. The fourth-order valence-corrected chi connectivity index (χ4v) is 4.52. The number of allylic oxidation sites excluding steroid dienone is 2. The van der Waals surface area contributed by atoms with Crippen molar-refractivity contribution in [1.29, 1.82) is 5.26 Å². The van der Waals surface area contributed by atoms with E-state index in [0.717, 1.165) is 21.5 Å². The van der Waals surface area contributed by atoms with Gasteiger partial charge in [0.1, 0.15) is 17.4 Å². The van der Waals surface area contributed by atoms with E-state index in [1.807, 2.05) is 35.7 Å². The van der Waals surface area contributed by atoms with Gasteiger partial charge in [-0.2, -0.15) is 5.26 Å². The number of nitrogens with zero attached hydrogens (tertiary/aromatic N) is 3. The molecular weight excluding hydrogens is 388 g/mol. The zero-order valence-electron chi connectivity index (χ0n) is 15.9. The zero-order valence-corrected chi connectivity index (χ0v) is 16.7. The van der Waals surface area contributed by atoms with E-state index >= 15 is 0 Å². The maximum atomic E-state index is 12.4. The second-order valence-electron chi connectivity index (χ2n) is 6.60. The number of benzene rings is 1. The number of ether oxygens (including phenoxy) is 2. The van der Waals surface area contributed by atoms with Crippen LogP contribution >= 0.6 is 11.3 Å². The van der Waals surface area contributed by atoms with E-state index in [4.69, 9.17) is 15.2 Å². The second-order valence-corrected chi connectivity index (χ2v) is 7.55. The van der Waals surface area contributed by atoms with Crippen LogP contribution in [0.2, 0.25) is 0 Å². The number of nitrogens with two attached hydrogens (primary N) is 1. The first-order valence-electron chi connectivity index (χ1n) is 8.87. The maximum absolute atomic E-state index is 12.4. The van der Waals surface area contributed by atoms with Gasteiger partial charge in [0, 0.05) is 11.4 Å². The van der Waals surface area contributed by atoms with Crippen LogP contribution < -0.4 is 5.73 Å². The lowest BCUT2D eigenvalue weighted by atomic mass is 9.87. The second kappa shape index (κ2) is 7.45. The average Bonchev–Trinajstić information content (AvgIpc) is 3.35. The molecule has 0 amide bonds. The van der Waals surface area contributed by atoms with Crippen LogP contribution in [0.5, 0.6) is 0 Å². The van der Waals surface area contributed by atoms with Gasteiger partial charge in [-0.05, 0) is 36.1 Å². The molecule has 0 spiro atoms. The predicted molar refractivity (Wildman–Crippen MR) is 109 cm³/mol. The number of methoxy groups -OCH3 is 1. The van der Waals surface area contributed by atoms with Crippen LogP contribution in [0.15, 0.2) is 64.8 Å². The highest BCUT2D eigenvalue weighted by Gasteiger charge is 2.36. The van der Waals surface area contributed by atoms with E-state index < -0.39 is 11.9 Å². The monoisotopic (exact) mass is 406 g/mol. The van der Waals surface area contributed by atoms with E-state index in [-0.39, 0.29) is 11.5 Å². The van der Waals surface area contributed by atoms with Crippen molar-refractivity contribution in [1.82, 2.24) is 9.55 Å². The molecule has 1 aliphatic heterocycles. The van der Waals surface area contributed by atoms with Crippen molar-refractivity contribution in [2.75, 3.05) is 7.11 Å². The summed E-state index contributed by atoms with van der Waals surface area (Å²) in [5.41, 5.74) is 9.44. The number of aromatic nitrogens is 2. The minimum atomic E-state index is -0.612. The van der Waals surface area contributed by atoms with Crippen LogP contribution in [0.25, 0.3) is 11.0 Å². The van der Waals surface area contributed by atoms with E-state index in [2.05, 4.69) is 15.6 Å². The summed E-state index contributed by atoms with van der Waals surface area (Å²) in [7, 11) is 1.30. The molecule has 4 rings (SSSR count). The highest BCUT2D eigenvalue weighted by atomic mass is 32.1. The molecule has 3 aromatic rings. The quantitative estimate of drug-likeness (QED) is 0.666. The van der Waals surface area contributed by atoms with Gasteiger partial charge in [0.2, 0.25) is 5.88 Å². The zero-order chi connectivity index (χ0) is 20.5. The number of hydrogen-bond donors (Lipinski definition) is 1. The standard InChI is InChI=1S/C21H18N4O3S/c1-12-18(21(26)27-2)19(14(8-22)20(23)28-12)17-7-13(10-29-17)9-25-11-24-15-5-3-4-6-16(15)25/h3-7,10-11,19H,9,23H2,1-2H3/t19-/m0/s1. The highest BCUT2D eigenvalue weighted by molar-refractivity contribution is 7.10. The Balaban J connectivity index is 1.72. The van der Waals surface area contributed by atoms with Crippen LogP contribution in [-0.4, -0.2) is 22.6 Å². The van der Waals surface area contributed by atoms with Gasteiger partial charge >= 0.3 is 5.97 Å². The number of esters is 1. The molecule has 146 valence electrons. The normalized spacial score (nSPS) is 16.7. The molecule has 0 bridgehead atoms. The number of nitriles is 1. The lowest BCUT2D eigenvalue weighted by Gasteiger charge is -2.25. The summed E-state index contributed by atoms with van der Waals surface area (Å²) in [6.45, 7) is 2.27. The van der Waals surface area contributed by atoms with Gasteiger partial charge in [0.05, 0.1) is 36.0 Å². The lowest BCUT2D eigenvalue weighted by molar-refractivity contribution is -0.136. The van der Waals surface area contributed by atoms with Crippen LogP contribution in [-0.2, 0) is 20.8 Å². The molecule has 2 aromatic heterocycles. The number of para-hydroxylation sites is 2. The minimum Gasteiger partial charge on any atom is -0.466 e. The number of rotatable bonds is 4. The minimum absolute atomic E-state index is 0.0122. The molecule has 2 N–H and O–H groups in total. The Labute approximate surface area is 171 Å². The summed E-state index contributed by atoms with van der Waals surface area (Å²) in [6, 6.07) is 12.0. The molecule has 1 aromatic carbocycles. The van der Waals surface area contributed by atoms with Crippen LogP contribution in [0, 0.1) is 11.3 Å². The van der Waals surface area contributed by atoms with E-state index in [1.165, 1.54) is 18.4 Å². The molecule has 1 aliphatic rings. The van der Waals surface area contributed by atoms with Crippen LogP contribution in [0.3, 0.4) is 0 Å². The highest BCUT2D eigenvalue weighted by Crippen LogP contribution is 2.42. The molecule has 8 heteroatoms. The first-order valence-corrected chi connectivity index (χ1v) is 9.75. The molecule has 0 fully saturated rings.